The van der Waals surface area contributed by atoms with Gasteiger partial charge in [0.1, 0.15) is 12.4 Å². The van der Waals surface area contributed by atoms with Gasteiger partial charge in [-0.2, -0.15) is 13.2 Å². The Balaban J connectivity index is 1.52. The fraction of sp³-hybridized carbons (Fsp3) is 0.429. The van der Waals surface area contributed by atoms with E-state index in [2.05, 4.69) is 4.90 Å². The maximum atomic E-state index is 13.3. The Morgan fingerprint density at radius 2 is 1.86 bits per heavy atom. The van der Waals surface area contributed by atoms with E-state index in [-0.39, 0.29) is 18.3 Å². The second-order valence-electron chi connectivity index (χ2n) is 7.02. The summed E-state index contributed by atoms with van der Waals surface area (Å²) in [6.07, 6.45) is -3.55. The van der Waals surface area contributed by atoms with Gasteiger partial charge in [-0.25, -0.2) is 0 Å². The molecule has 1 unspecified atom stereocenters. The van der Waals surface area contributed by atoms with Gasteiger partial charge in [-0.3, -0.25) is 4.90 Å². The van der Waals surface area contributed by atoms with Crippen LogP contribution in [0.25, 0.3) is 0 Å². The lowest BCUT2D eigenvalue weighted by molar-refractivity contribution is -0.137. The highest BCUT2D eigenvalue weighted by Crippen LogP contribution is 2.37. The van der Waals surface area contributed by atoms with Gasteiger partial charge in [0.15, 0.2) is 0 Å². The van der Waals surface area contributed by atoms with Crippen molar-refractivity contribution in [1.29, 1.82) is 0 Å². The Kier molecular flexibility index (Phi) is 6.46. The molecule has 4 nitrogen and oxygen atoms in total. The van der Waals surface area contributed by atoms with Gasteiger partial charge in [-0.1, -0.05) is 24.3 Å². The first-order valence-electron chi connectivity index (χ1n) is 9.32. The van der Waals surface area contributed by atoms with Gasteiger partial charge in [0, 0.05) is 38.4 Å². The summed E-state index contributed by atoms with van der Waals surface area (Å²) in [5.74, 6) is 0.740. The first kappa shape index (κ1) is 20.5. The van der Waals surface area contributed by atoms with E-state index in [0.29, 0.717) is 19.7 Å². The van der Waals surface area contributed by atoms with Crippen molar-refractivity contribution in [2.45, 2.75) is 25.2 Å². The summed E-state index contributed by atoms with van der Waals surface area (Å²) in [7, 11) is 1.73. The second-order valence-corrected chi connectivity index (χ2v) is 7.02. The zero-order valence-electron chi connectivity index (χ0n) is 15.8. The number of anilines is 1. The van der Waals surface area contributed by atoms with Crippen molar-refractivity contribution >= 4 is 5.69 Å². The van der Waals surface area contributed by atoms with Crippen LogP contribution in [0.5, 0.6) is 5.75 Å². The van der Waals surface area contributed by atoms with Crippen LogP contribution in [-0.4, -0.2) is 49.3 Å². The average molecular weight is 394 g/mol. The van der Waals surface area contributed by atoms with Gasteiger partial charge >= 0.3 is 6.18 Å². The second kappa shape index (κ2) is 8.84. The summed E-state index contributed by atoms with van der Waals surface area (Å²) >= 11 is 0. The molecule has 1 aliphatic rings. The number of para-hydroxylation sites is 1. The van der Waals surface area contributed by atoms with E-state index in [9.17, 15) is 13.2 Å². The van der Waals surface area contributed by atoms with Crippen LogP contribution < -0.4 is 9.64 Å². The number of benzene rings is 2. The largest absolute Gasteiger partial charge is 0.492 e. The highest BCUT2D eigenvalue weighted by molar-refractivity contribution is 5.55. The van der Waals surface area contributed by atoms with Crippen molar-refractivity contribution in [3.05, 3.63) is 59.7 Å². The van der Waals surface area contributed by atoms with Crippen molar-refractivity contribution in [3.63, 3.8) is 0 Å². The zero-order chi connectivity index (χ0) is 20.1. The lowest BCUT2D eigenvalue weighted by Gasteiger charge is -2.29. The normalized spacial score (nSPS) is 17.7. The summed E-state index contributed by atoms with van der Waals surface area (Å²) in [6.45, 7) is 2.76. The molecule has 152 valence electrons. The molecular weight excluding hydrogens is 369 g/mol. The summed E-state index contributed by atoms with van der Waals surface area (Å²) < 4.78 is 45.6. The quantitative estimate of drug-likeness (QED) is 0.775. The van der Waals surface area contributed by atoms with Crippen LogP contribution in [0.1, 0.15) is 17.5 Å². The fourth-order valence-corrected chi connectivity index (χ4v) is 3.53. The van der Waals surface area contributed by atoms with Crippen molar-refractivity contribution in [1.82, 2.24) is 4.90 Å². The average Bonchev–Trinajstić information content (AvgIpc) is 3.16. The molecule has 7 heteroatoms. The van der Waals surface area contributed by atoms with Gasteiger partial charge in [-0.05, 0) is 36.2 Å². The SMILES string of the molecule is CN(c1ccccc1C(F)(F)F)C1CCN(CCOc2ccc(CO)cc2)C1. The third-order valence-electron chi connectivity index (χ3n) is 5.17. The van der Waals surface area contributed by atoms with Gasteiger partial charge in [0.25, 0.3) is 0 Å². The van der Waals surface area contributed by atoms with Crippen LogP contribution in [0.3, 0.4) is 0 Å². The minimum absolute atomic E-state index is 0.000428. The molecule has 2 aromatic carbocycles. The molecule has 1 N–H and O–H groups in total. The molecule has 1 heterocycles. The van der Waals surface area contributed by atoms with E-state index >= 15 is 0 Å². The minimum atomic E-state index is -4.36. The number of hydrogen-bond acceptors (Lipinski definition) is 4. The smallest absolute Gasteiger partial charge is 0.418 e. The first-order valence-corrected chi connectivity index (χ1v) is 9.32. The van der Waals surface area contributed by atoms with E-state index in [4.69, 9.17) is 9.84 Å². The number of likely N-dealkylation sites (tertiary alicyclic amines) is 1. The van der Waals surface area contributed by atoms with Crippen molar-refractivity contribution in [2.24, 2.45) is 0 Å². The minimum Gasteiger partial charge on any atom is -0.492 e. The number of likely N-dealkylation sites (N-methyl/N-ethyl adjacent to an activating group) is 1. The molecule has 1 fully saturated rings. The topological polar surface area (TPSA) is 35.9 Å². The molecule has 2 aromatic rings. The van der Waals surface area contributed by atoms with E-state index < -0.39 is 11.7 Å². The number of rotatable bonds is 7. The first-order chi connectivity index (χ1) is 13.4. The molecule has 0 radical (unpaired) electrons. The molecule has 1 saturated heterocycles. The van der Waals surface area contributed by atoms with Gasteiger partial charge < -0.3 is 14.7 Å². The maximum absolute atomic E-state index is 13.3. The molecule has 0 aromatic heterocycles. The van der Waals surface area contributed by atoms with Crippen LogP contribution in [0.15, 0.2) is 48.5 Å². The molecule has 0 aliphatic carbocycles. The third-order valence-corrected chi connectivity index (χ3v) is 5.17. The van der Waals surface area contributed by atoms with E-state index in [1.54, 1.807) is 18.0 Å². The van der Waals surface area contributed by atoms with Gasteiger partial charge in [-0.15, -0.1) is 0 Å². The number of aliphatic hydroxyl groups is 1. The summed E-state index contributed by atoms with van der Waals surface area (Å²) in [5, 5.41) is 9.05. The van der Waals surface area contributed by atoms with Crippen LogP contribution in [0, 0.1) is 0 Å². The molecular formula is C21H25F3N2O2. The predicted octanol–water partition coefficient (Wildman–Crippen LogP) is 3.79. The van der Waals surface area contributed by atoms with E-state index in [1.165, 1.54) is 12.1 Å². The monoisotopic (exact) mass is 394 g/mol. The zero-order valence-corrected chi connectivity index (χ0v) is 15.8. The number of nitrogens with zero attached hydrogens (tertiary/aromatic N) is 2. The number of aliphatic hydroxyl groups excluding tert-OH is 1. The third kappa shape index (κ3) is 4.97. The van der Waals surface area contributed by atoms with E-state index in [1.807, 2.05) is 24.3 Å². The highest BCUT2D eigenvalue weighted by atomic mass is 19.4. The summed E-state index contributed by atoms with van der Waals surface area (Å²) in [5.41, 5.74) is 0.463. The molecule has 0 bridgehead atoms. The Morgan fingerprint density at radius 1 is 1.14 bits per heavy atom. The van der Waals surface area contributed by atoms with Crippen molar-refractivity contribution in [3.8, 4) is 5.75 Å². The van der Waals surface area contributed by atoms with Gasteiger partial charge in [0.2, 0.25) is 0 Å². The number of hydrogen-bond donors (Lipinski definition) is 1. The Bertz CT molecular complexity index is 765. The standard InChI is InChI=1S/C21H25F3N2O2/c1-25(20-5-3-2-4-19(20)21(22,23)24)17-10-11-26(14-17)12-13-28-18-8-6-16(15-27)7-9-18/h2-9,17,27H,10-15H2,1H3. The Morgan fingerprint density at radius 3 is 2.54 bits per heavy atom. The Hall–Kier alpha value is -2.25. The molecule has 3 rings (SSSR count). The van der Waals surface area contributed by atoms with Crippen molar-refractivity contribution < 1.29 is 23.0 Å². The van der Waals surface area contributed by atoms with E-state index in [0.717, 1.165) is 30.3 Å². The highest BCUT2D eigenvalue weighted by Gasteiger charge is 2.36. The molecule has 1 atom stereocenters. The molecule has 0 amide bonds. The predicted molar refractivity (Wildman–Crippen MR) is 103 cm³/mol. The lowest BCUT2D eigenvalue weighted by Crippen LogP contribution is -2.36. The van der Waals surface area contributed by atoms with Crippen LogP contribution >= 0.6 is 0 Å². The number of ether oxygens (including phenoxy) is 1. The number of halogens is 3. The molecule has 0 saturated carbocycles. The van der Waals surface area contributed by atoms with Crippen LogP contribution in [0.4, 0.5) is 18.9 Å². The summed E-state index contributed by atoms with van der Waals surface area (Å²) in [6, 6.07) is 13.0. The molecule has 1 aliphatic heterocycles. The Labute approximate surface area is 163 Å². The molecule has 0 spiro atoms. The lowest BCUT2D eigenvalue weighted by atomic mass is 10.1. The van der Waals surface area contributed by atoms with Crippen LogP contribution in [0.2, 0.25) is 0 Å². The summed E-state index contributed by atoms with van der Waals surface area (Å²) in [4.78, 5) is 3.96. The molecule has 28 heavy (non-hydrogen) atoms. The van der Waals surface area contributed by atoms with Gasteiger partial charge in [0.05, 0.1) is 12.2 Å². The number of alkyl halides is 3. The van der Waals surface area contributed by atoms with Crippen molar-refractivity contribution in [2.75, 3.05) is 38.2 Å². The maximum Gasteiger partial charge on any atom is 0.418 e. The fourth-order valence-electron chi connectivity index (χ4n) is 3.53. The van der Waals surface area contributed by atoms with Crippen LogP contribution in [-0.2, 0) is 12.8 Å².